The number of benzene rings is 2. The number of methoxy groups -OCH3 is 4. The monoisotopic (exact) mass is 360 g/mol. The molecule has 0 saturated heterocycles. The Morgan fingerprint density at radius 2 is 1.62 bits per heavy atom. The number of carbonyl (C=O) groups is 1. The van der Waals surface area contributed by atoms with Gasteiger partial charge >= 0.3 is 0 Å². The Morgan fingerprint density at radius 1 is 1.00 bits per heavy atom. The van der Waals surface area contributed by atoms with Crippen molar-refractivity contribution >= 4 is 12.1 Å². The summed E-state index contributed by atoms with van der Waals surface area (Å²) in [5.41, 5.74) is 3.05. The van der Waals surface area contributed by atoms with Crippen molar-refractivity contribution in [3.63, 3.8) is 0 Å². The molecule has 2 rings (SSSR count). The highest BCUT2D eigenvalue weighted by Crippen LogP contribution is 2.38. The first-order valence-electron chi connectivity index (χ1n) is 7.55. The fourth-order valence-corrected chi connectivity index (χ4v) is 2.25. The van der Waals surface area contributed by atoms with E-state index in [1.165, 1.54) is 46.8 Å². The van der Waals surface area contributed by atoms with Crippen LogP contribution in [0.2, 0.25) is 0 Å². The van der Waals surface area contributed by atoms with Crippen molar-refractivity contribution in [3.05, 3.63) is 41.5 Å². The third-order valence-corrected chi connectivity index (χ3v) is 3.55. The molecule has 8 nitrogen and oxygen atoms in total. The van der Waals surface area contributed by atoms with Crippen molar-refractivity contribution < 1.29 is 28.8 Å². The second kappa shape index (κ2) is 8.61. The summed E-state index contributed by atoms with van der Waals surface area (Å²) < 4.78 is 20.7. The molecule has 0 saturated carbocycles. The van der Waals surface area contributed by atoms with E-state index in [9.17, 15) is 9.90 Å². The zero-order chi connectivity index (χ0) is 19.1. The molecule has 0 spiro atoms. The lowest BCUT2D eigenvalue weighted by molar-refractivity contribution is 0.0954. The molecule has 0 radical (unpaired) electrons. The van der Waals surface area contributed by atoms with Crippen LogP contribution >= 0.6 is 0 Å². The average Bonchev–Trinajstić information content (AvgIpc) is 2.67. The van der Waals surface area contributed by atoms with Gasteiger partial charge in [0.15, 0.2) is 23.0 Å². The molecule has 0 heterocycles. The van der Waals surface area contributed by atoms with Gasteiger partial charge in [-0.1, -0.05) is 6.07 Å². The molecular weight excluding hydrogens is 340 g/mol. The largest absolute Gasteiger partial charge is 0.504 e. The van der Waals surface area contributed by atoms with Crippen molar-refractivity contribution in [2.24, 2.45) is 5.10 Å². The van der Waals surface area contributed by atoms with Gasteiger partial charge < -0.3 is 24.1 Å². The molecule has 2 aromatic rings. The highest BCUT2D eigenvalue weighted by Gasteiger charge is 2.16. The number of hydrogen-bond donors (Lipinski definition) is 2. The van der Waals surface area contributed by atoms with Gasteiger partial charge in [0.25, 0.3) is 5.91 Å². The normalized spacial score (nSPS) is 10.5. The number of phenols is 1. The molecule has 0 bridgehead atoms. The lowest BCUT2D eigenvalue weighted by Crippen LogP contribution is -2.18. The number of phenolic OH excluding ortho intramolecular Hbond substituents is 1. The van der Waals surface area contributed by atoms with Crippen molar-refractivity contribution in [3.8, 4) is 28.7 Å². The van der Waals surface area contributed by atoms with Crippen LogP contribution in [0.15, 0.2) is 35.4 Å². The fourth-order valence-electron chi connectivity index (χ4n) is 2.25. The number of rotatable bonds is 7. The number of hydrazone groups is 1. The molecule has 0 aliphatic carbocycles. The van der Waals surface area contributed by atoms with E-state index in [2.05, 4.69) is 10.5 Å². The van der Waals surface area contributed by atoms with Crippen LogP contribution in [0.1, 0.15) is 15.9 Å². The number of para-hydroxylation sites is 1. The lowest BCUT2D eigenvalue weighted by Gasteiger charge is -2.13. The first-order valence-corrected chi connectivity index (χ1v) is 7.55. The minimum atomic E-state index is -0.483. The summed E-state index contributed by atoms with van der Waals surface area (Å²) in [6.07, 6.45) is 1.31. The predicted octanol–water partition coefficient (Wildman–Crippen LogP) is 2.19. The second-order valence-corrected chi connectivity index (χ2v) is 5.01. The Hall–Kier alpha value is -3.42. The van der Waals surface area contributed by atoms with Crippen molar-refractivity contribution in [1.82, 2.24) is 5.43 Å². The average molecular weight is 360 g/mol. The molecule has 2 aromatic carbocycles. The highest BCUT2D eigenvalue weighted by molar-refractivity contribution is 5.96. The third kappa shape index (κ3) is 3.97. The Balaban J connectivity index is 2.20. The van der Waals surface area contributed by atoms with E-state index in [-0.39, 0.29) is 11.3 Å². The van der Waals surface area contributed by atoms with Crippen LogP contribution in [0.4, 0.5) is 0 Å². The summed E-state index contributed by atoms with van der Waals surface area (Å²) in [5, 5.41) is 13.8. The zero-order valence-corrected chi connectivity index (χ0v) is 14.9. The van der Waals surface area contributed by atoms with E-state index in [0.29, 0.717) is 28.6 Å². The highest BCUT2D eigenvalue weighted by atomic mass is 16.5. The fraction of sp³-hybridized carbons (Fsp3) is 0.222. The quantitative estimate of drug-likeness (QED) is 0.580. The smallest absolute Gasteiger partial charge is 0.271 e. The van der Waals surface area contributed by atoms with Gasteiger partial charge in [-0.15, -0.1) is 0 Å². The van der Waals surface area contributed by atoms with Gasteiger partial charge in [0.05, 0.1) is 34.7 Å². The minimum Gasteiger partial charge on any atom is -0.504 e. The van der Waals surface area contributed by atoms with E-state index >= 15 is 0 Å². The molecule has 0 aromatic heterocycles. The summed E-state index contributed by atoms with van der Waals surface area (Å²) in [7, 11) is 5.85. The van der Waals surface area contributed by atoms with Gasteiger partial charge in [0.1, 0.15) is 0 Å². The van der Waals surface area contributed by atoms with Gasteiger partial charge in [-0.2, -0.15) is 5.10 Å². The summed E-state index contributed by atoms with van der Waals surface area (Å²) in [6.45, 7) is 0. The number of aromatic hydroxyl groups is 1. The van der Waals surface area contributed by atoms with E-state index < -0.39 is 5.91 Å². The van der Waals surface area contributed by atoms with Gasteiger partial charge in [0, 0.05) is 11.1 Å². The number of nitrogens with one attached hydrogen (secondary N) is 1. The molecule has 0 aliphatic heterocycles. The maximum Gasteiger partial charge on any atom is 0.271 e. The van der Waals surface area contributed by atoms with Crippen LogP contribution in [0, 0.1) is 0 Å². The summed E-state index contributed by atoms with van der Waals surface area (Å²) >= 11 is 0. The van der Waals surface area contributed by atoms with E-state index in [1.807, 2.05) is 0 Å². The second-order valence-electron chi connectivity index (χ2n) is 5.01. The van der Waals surface area contributed by atoms with Crippen LogP contribution in [-0.2, 0) is 0 Å². The van der Waals surface area contributed by atoms with Gasteiger partial charge in [-0.05, 0) is 24.3 Å². The molecule has 0 fully saturated rings. The maximum absolute atomic E-state index is 12.3. The predicted molar refractivity (Wildman–Crippen MR) is 95.8 cm³/mol. The first kappa shape index (κ1) is 18.9. The summed E-state index contributed by atoms with van der Waals surface area (Å²) in [6, 6.07) is 7.96. The van der Waals surface area contributed by atoms with E-state index in [0.717, 1.165) is 0 Å². The van der Waals surface area contributed by atoms with Crippen molar-refractivity contribution in [2.45, 2.75) is 0 Å². The third-order valence-electron chi connectivity index (χ3n) is 3.55. The number of nitrogens with zero attached hydrogens (tertiary/aromatic N) is 1. The molecular formula is C18H20N2O6. The molecule has 2 N–H and O–H groups in total. The van der Waals surface area contributed by atoms with Gasteiger partial charge in [-0.25, -0.2) is 5.43 Å². The number of hydrogen-bond acceptors (Lipinski definition) is 7. The van der Waals surface area contributed by atoms with Gasteiger partial charge in [0.2, 0.25) is 5.75 Å². The van der Waals surface area contributed by atoms with Crippen LogP contribution in [0.5, 0.6) is 28.7 Å². The summed E-state index contributed by atoms with van der Waals surface area (Å²) in [4.78, 5) is 12.3. The molecule has 1 amide bonds. The Morgan fingerprint density at radius 3 is 2.15 bits per heavy atom. The summed E-state index contributed by atoms with van der Waals surface area (Å²) in [5.74, 6) is 0.850. The van der Waals surface area contributed by atoms with Crippen LogP contribution < -0.4 is 24.4 Å². The van der Waals surface area contributed by atoms with Crippen LogP contribution in [-0.4, -0.2) is 45.7 Å². The van der Waals surface area contributed by atoms with Gasteiger partial charge in [-0.3, -0.25) is 4.79 Å². The molecule has 8 heteroatoms. The topological polar surface area (TPSA) is 98.6 Å². The number of ether oxygens (including phenoxy) is 4. The van der Waals surface area contributed by atoms with E-state index in [1.54, 1.807) is 18.2 Å². The standard InChI is InChI=1S/C18H20N2O6/c1-23-13-7-5-6-11(16(13)21)10-19-20-18(22)12-8-14(24-2)17(26-4)15(9-12)25-3/h5-10,21H,1-4H3,(H,20,22)/b19-10+. The molecule has 0 aliphatic rings. The first-order chi connectivity index (χ1) is 12.5. The maximum atomic E-state index is 12.3. The molecule has 138 valence electrons. The lowest BCUT2D eigenvalue weighted by atomic mass is 10.1. The zero-order valence-electron chi connectivity index (χ0n) is 14.9. The van der Waals surface area contributed by atoms with Crippen LogP contribution in [0.3, 0.4) is 0 Å². The molecule has 26 heavy (non-hydrogen) atoms. The van der Waals surface area contributed by atoms with Crippen molar-refractivity contribution in [2.75, 3.05) is 28.4 Å². The molecule has 0 atom stereocenters. The Bertz CT molecular complexity index is 794. The number of amides is 1. The van der Waals surface area contributed by atoms with Crippen LogP contribution in [0.25, 0.3) is 0 Å². The number of carbonyl (C=O) groups excluding carboxylic acids is 1. The SMILES string of the molecule is COc1cccc(/C=N/NC(=O)c2cc(OC)c(OC)c(OC)c2)c1O. The Labute approximate surface area is 151 Å². The molecule has 0 unspecified atom stereocenters. The van der Waals surface area contributed by atoms with E-state index in [4.69, 9.17) is 18.9 Å². The Kier molecular flexibility index (Phi) is 6.26. The van der Waals surface area contributed by atoms with Crippen molar-refractivity contribution in [1.29, 1.82) is 0 Å². The minimum absolute atomic E-state index is 0.0687.